The SMILES string of the molecule is O=S(=O)(Nc1ccc(Cl)c(Cl)c1)c1ccc(NS(=O)(=O)c2cccs2)cc1. The fourth-order valence-electron chi connectivity index (χ4n) is 2.10. The highest BCUT2D eigenvalue weighted by molar-refractivity contribution is 7.94. The molecule has 0 bridgehead atoms. The van der Waals surface area contributed by atoms with Gasteiger partial charge in [0.25, 0.3) is 20.0 Å². The lowest BCUT2D eigenvalue weighted by Crippen LogP contribution is -2.14. The smallest absolute Gasteiger partial charge is 0.271 e. The Bertz CT molecular complexity index is 1160. The average Bonchev–Trinajstić information content (AvgIpc) is 3.14. The second-order valence-electron chi connectivity index (χ2n) is 5.30. The van der Waals surface area contributed by atoms with Crippen LogP contribution in [0.4, 0.5) is 11.4 Å². The molecule has 0 spiro atoms. The fraction of sp³-hybridized carbons (Fsp3) is 0. The molecule has 0 amide bonds. The van der Waals surface area contributed by atoms with E-state index in [0.717, 1.165) is 11.3 Å². The third kappa shape index (κ3) is 4.74. The molecule has 0 saturated carbocycles. The molecule has 27 heavy (non-hydrogen) atoms. The van der Waals surface area contributed by atoms with Crippen molar-refractivity contribution in [3.8, 4) is 0 Å². The molecule has 0 aliphatic rings. The van der Waals surface area contributed by atoms with Crippen LogP contribution in [0, 0.1) is 0 Å². The number of rotatable bonds is 6. The van der Waals surface area contributed by atoms with Crippen molar-refractivity contribution >= 4 is 66.0 Å². The molecule has 3 aromatic rings. The number of hydrogen-bond acceptors (Lipinski definition) is 5. The first-order valence-electron chi connectivity index (χ1n) is 7.32. The summed E-state index contributed by atoms with van der Waals surface area (Å²) in [5.74, 6) is 0. The van der Waals surface area contributed by atoms with E-state index in [1.165, 1.54) is 48.5 Å². The van der Waals surface area contributed by atoms with Gasteiger partial charge in [-0.05, 0) is 53.9 Å². The van der Waals surface area contributed by atoms with Crippen LogP contribution < -0.4 is 9.44 Å². The molecule has 0 saturated heterocycles. The Morgan fingerprint density at radius 2 is 1.37 bits per heavy atom. The van der Waals surface area contributed by atoms with Crippen LogP contribution in [-0.2, 0) is 20.0 Å². The number of nitrogens with one attached hydrogen (secondary N) is 2. The van der Waals surface area contributed by atoms with Crippen molar-refractivity contribution in [3.05, 3.63) is 70.0 Å². The Balaban J connectivity index is 1.78. The lowest BCUT2D eigenvalue weighted by molar-refractivity contribution is 0.600. The molecule has 1 heterocycles. The van der Waals surface area contributed by atoms with Gasteiger partial charge in [0.2, 0.25) is 0 Å². The van der Waals surface area contributed by atoms with Gasteiger partial charge in [0.15, 0.2) is 0 Å². The van der Waals surface area contributed by atoms with Gasteiger partial charge < -0.3 is 0 Å². The van der Waals surface area contributed by atoms with Gasteiger partial charge in [-0.3, -0.25) is 9.44 Å². The highest BCUT2D eigenvalue weighted by Crippen LogP contribution is 2.27. The van der Waals surface area contributed by atoms with E-state index in [0.29, 0.717) is 5.02 Å². The van der Waals surface area contributed by atoms with Crippen LogP contribution in [-0.4, -0.2) is 16.8 Å². The molecule has 142 valence electrons. The molecule has 11 heteroatoms. The molecule has 0 aliphatic heterocycles. The molecule has 0 radical (unpaired) electrons. The van der Waals surface area contributed by atoms with Crippen molar-refractivity contribution in [2.45, 2.75) is 9.10 Å². The first-order valence-corrected chi connectivity index (χ1v) is 11.9. The number of sulfonamides is 2. The predicted octanol–water partition coefficient (Wildman–Crippen LogP) is 4.66. The number of hydrogen-bond donors (Lipinski definition) is 2. The zero-order chi connectivity index (χ0) is 19.7. The minimum atomic E-state index is -3.87. The van der Waals surface area contributed by atoms with Gasteiger partial charge >= 0.3 is 0 Å². The van der Waals surface area contributed by atoms with Crippen LogP contribution in [0.25, 0.3) is 0 Å². The third-order valence-corrected chi connectivity index (χ3v) is 8.26. The van der Waals surface area contributed by atoms with Gasteiger partial charge in [-0.25, -0.2) is 16.8 Å². The van der Waals surface area contributed by atoms with Gasteiger partial charge in [-0.1, -0.05) is 29.3 Å². The Labute approximate surface area is 170 Å². The maximum Gasteiger partial charge on any atom is 0.271 e. The van der Waals surface area contributed by atoms with Gasteiger partial charge in [-0.2, -0.15) is 0 Å². The monoisotopic (exact) mass is 462 g/mol. The van der Waals surface area contributed by atoms with Crippen LogP contribution in [0.5, 0.6) is 0 Å². The van der Waals surface area contributed by atoms with E-state index in [9.17, 15) is 16.8 Å². The van der Waals surface area contributed by atoms with E-state index in [1.807, 2.05) is 0 Å². The topological polar surface area (TPSA) is 92.3 Å². The van der Waals surface area contributed by atoms with Gasteiger partial charge in [0.05, 0.1) is 20.6 Å². The zero-order valence-corrected chi connectivity index (χ0v) is 17.3. The van der Waals surface area contributed by atoms with Gasteiger partial charge in [-0.15, -0.1) is 11.3 Å². The van der Waals surface area contributed by atoms with Crippen molar-refractivity contribution in [2.24, 2.45) is 0 Å². The van der Waals surface area contributed by atoms with E-state index >= 15 is 0 Å². The second-order valence-corrected chi connectivity index (χ2v) is 10.7. The summed E-state index contributed by atoms with van der Waals surface area (Å²) in [5, 5.41) is 2.18. The van der Waals surface area contributed by atoms with Crippen molar-refractivity contribution < 1.29 is 16.8 Å². The Morgan fingerprint density at radius 1 is 0.741 bits per heavy atom. The van der Waals surface area contributed by atoms with E-state index in [1.54, 1.807) is 11.4 Å². The van der Waals surface area contributed by atoms with Crippen LogP contribution in [0.2, 0.25) is 10.0 Å². The molecular formula is C16H12Cl2N2O4S3. The second kappa shape index (κ2) is 7.69. The van der Waals surface area contributed by atoms with E-state index < -0.39 is 20.0 Å². The summed E-state index contributed by atoms with van der Waals surface area (Å²) < 4.78 is 54.2. The van der Waals surface area contributed by atoms with E-state index in [4.69, 9.17) is 23.2 Å². The molecule has 6 nitrogen and oxygen atoms in total. The van der Waals surface area contributed by atoms with Gasteiger partial charge in [0, 0.05) is 5.69 Å². The molecule has 0 unspecified atom stereocenters. The molecule has 3 rings (SSSR count). The van der Waals surface area contributed by atoms with Crippen molar-refractivity contribution in [1.29, 1.82) is 0 Å². The molecule has 0 fully saturated rings. The molecule has 1 aromatic heterocycles. The third-order valence-electron chi connectivity index (χ3n) is 3.35. The fourth-order valence-corrected chi connectivity index (χ4v) is 5.50. The minimum absolute atomic E-state index is 0.0346. The van der Waals surface area contributed by atoms with Crippen LogP contribution in [0.1, 0.15) is 0 Å². The van der Waals surface area contributed by atoms with E-state index in [2.05, 4.69) is 9.44 Å². The molecule has 0 atom stereocenters. The summed E-state index contributed by atoms with van der Waals surface area (Å²) in [7, 11) is -7.57. The maximum atomic E-state index is 12.5. The van der Waals surface area contributed by atoms with Crippen LogP contribution >= 0.6 is 34.5 Å². The van der Waals surface area contributed by atoms with E-state index in [-0.39, 0.29) is 25.5 Å². The summed E-state index contributed by atoms with van der Waals surface area (Å²) >= 11 is 12.8. The first kappa shape index (κ1) is 20.0. The average molecular weight is 463 g/mol. The number of anilines is 2. The quantitative estimate of drug-likeness (QED) is 0.556. The summed E-state index contributed by atoms with van der Waals surface area (Å²) in [6.07, 6.45) is 0. The standard InChI is InChI=1S/C16H12Cl2N2O4S3/c17-14-8-5-12(10-15(14)18)20-26(21,22)13-6-3-11(4-7-13)19-27(23,24)16-2-1-9-25-16/h1-10,19-20H. The summed E-state index contributed by atoms with van der Waals surface area (Å²) in [6, 6.07) is 12.8. The lowest BCUT2D eigenvalue weighted by atomic mass is 10.3. The Morgan fingerprint density at radius 3 is 1.96 bits per heavy atom. The highest BCUT2D eigenvalue weighted by Gasteiger charge is 2.17. The molecule has 0 aliphatic carbocycles. The number of thiophene rings is 1. The van der Waals surface area contributed by atoms with Crippen molar-refractivity contribution in [1.82, 2.24) is 0 Å². The van der Waals surface area contributed by atoms with Crippen LogP contribution in [0.3, 0.4) is 0 Å². The minimum Gasteiger partial charge on any atom is -0.280 e. The zero-order valence-electron chi connectivity index (χ0n) is 13.4. The summed E-state index contributed by atoms with van der Waals surface area (Å²) in [4.78, 5) is -0.0346. The number of benzene rings is 2. The lowest BCUT2D eigenvalue weighted by Gasteiger charge is -2.10. The predicted molar refractivity (Wildman–Crippen MR) is 109 cm³/mol. The van der Waals surface area contributed by atoms with Crippen LogP contribution in [0.15, 0.2) is 69.1 Å². The number of halogens is 2. The Hall–Kier alpha value is -1.78. The van der Waals surface area contributed by atoms with Crippen molar-refractivity contribution in [2.75, 3.05) is 9.44 Å². The maximum absolute atomic E-state index is 12.5. The molecule has 2 N–H and O–H groups in total. The van der Waals surface area contributed by atoms with Crippen molar-refractivity contribution in [3.63, 3.8) is 0 Å². The first-order chi connectivity index (χ1) is 12.7. The summed E-state index contributed by atoms with van der Waals surface area (Å²) in [6.45, 7) is 0. The highest BCUT2D eigenvalue weighted by atomic mass is 35.5. The normalized spacial score (nSPS) is 11.9. The largest absolute Gasteiger partial charge is 0.280 e. The molecular weight excluding hydrogens is 451 g/mol. The summed E-state index contributed by atoms with van der Waals surface area (Å²) in [5.41, 5.74) is 0.503. The van der Waals surface area contributed by atoms with Gasteiger partial charge in [0.1, 0.15) is 4.21 Å². The Kier molecular flexibility index (Phi) is 5.68. The molecule has 2 aromatic carbocycles.